The number of amides is 1. The van der Waals surface area contributed by atoms with Crippen LogP contribution in [-0.4, -0.2) is 36.4 Å². The Bertz CT molecular complexity index is 365. The van der Waals surface area contributed by atoms with Crippen molar-refractivity contribution in [2.24, 2.45) is 0 Å². The van der Waals surface area contributed by atoms with Crippen LogP contribution in [0, 0.1) is 0 Å². The van der Waals surface area contributed by atoms with E-state index < -0.39 is 0 Å². The molecule has 0 aliphatic carbocycles. The molecule has 0 saturated heterocycles. The second-order valence-corrected chi connectivity index (χ2v) is 4.26. The number of halogens is 1. The zero-order valence-corrected chi connectivity index (χ0v) is 11.7. The average Bonchev–Trinajstić information content (AvgIpc) is 2.40. The van der Waals surface area contributed by atoms with Crippen molar-refractivity contribution in [2.45, 2.75) is 20.3 Å². The van der Waals surface area contributed by atoms with Crippen molar-refractivity contribution in [3.05, 3.63) is 29.8 Å². The zero-order chi connectivity index (χ0) is 13.4. The summed E-state index contributed by atoms with van der Waals surface area (Å²) in [5, 5.41) is 0. The van der Waals surface area contributed by atoms with Gasteiger partial charge in [-0.25, -0.2) is 0 Å². The Morgan fingerprint density at radius 1 is 1.28 bits per heavy atom. The van der Waals surface area contributed by atoms with Gasteiger partial charge in [0.15, 0.2) is 0 Å². The number of alkyl halides is 1. The summed E-state index contributed by atoms with van der Waals surface area (Å²) in [6.07, 6.45) is 0.818. The molecule has 0 radical (unpaired) electrons. The number of hydrogen-bond donors (Lipinski definition) is 0. The van der Waals surface area contributed by atoms with Crippen LogP contribution in [0.25, 0.3) is 0 Å². The summed E-state index contributed by atoms with van der Waals surface area (Å²) >= 11 is 5.65. The second kappa shape index (κ2) is 7.98. The van der Waals surface area contributed by atoms with Crippen LogP contribution in [-0.2, 0) is 0 Å². The Labute approximate surface area is 114 Å². The minimum atomic E-state index is 0.0469. The molecule has 0 aliphatic rings. The molecule has 0 heterocycles. The zero-order valence-electron chi connectivity index (χ0n) is 11.0. The third-order valence-corrected chi connectivity index (χ3v) is 2.91. The van der Waals surface area contributed by atoms with E-state index >= 15 is 0 Å². The van der Waals surface area contributed by atoms with Crippen molar-refractivity contribution >= 4 is 17.5 Å². The van der Waals surface area contributed by atoms with Crippen LogP contribution >= 0.6 is 11.6 Å². The van der Waals surface area contributed by atoms with E-state index in [0.717, 1.165) is 12.2 Å². The summed E-state index contributed by atoms with van der Waals surface area (Å²) in [5.41, 5.74) is 0.690. The third-order valence-electron chi connectivity index (χ3n) is 2.64. The number of ether oxygens (including phenoxy) is 1. The van der Waals surface area contributed by atoms with Crippen molar-refractivity contribution in [1.29, 1.82) is 0 Å². The molecule has 0 spiro atoms. The molecule has 0 atom stereocenters. The molecule has 0 fully saturated rings. The highest BCUT2D eigenvalue weighted by Crippen LogP contribution is 2.14. The van der Waals surface area contributed by atoms with Gasteiger partial charge in [0.1, 0.15) is 5.75 Å². The summed E-state index contributed by atoms with van der Waals surface area (Å²) in [5.74, 6) is 1.41. The smallest absolute Gasteiger partial charge is 0.253 e. The molecule has 0 N–H and O–H groups in total. The third kappa shape index (κ3) is 4.22. The minimum Gasteiger partial charge on any atom is -0.494 e. The van der Waals surface area contributed by atoms with E-state index in [1.54, 1.807) is 17.0 Å². The highest BCUT2D eigenvalue weighted by atomic mass is 35.5. The number of benzene rings is 1. The Hall–Kier alpha value is -1.22. The molecule has 0 bridgehead atoms. The van der Waals surface area contributed by atoms with E-state index in [1.165, 1.54) is 0 Å². The summed E-state index contributed by atoms with van der Waals surface area (Å²) in [6, 6.07) is 7.26. The van der Waals surface area contributed by atoms with Crippen LogP contribution in [0.4, 0.5) is 0 Å². The Balaban J connectivity index is 2.69. The number of hydrogen-bond acceptors (Lipinski definition) is 2. The number of carbonyl (C=O) groups is 1. The first kappa shape index (κ1) is 14.8. The molecular formula is C14H20ClNO2. The van der Waals surface area contributed by atoms with E-state index in [4.69, 9.17) is 16.3 Å². The maximum absolute atomic E-state index is 12.2. The Kier molecular flexibility index (Phi) is 6.58. The highest BCUT2D eigenvalue weighted by Gasteiger charge is 2.13. The monoisotopic (exact) mass is 269 g/mol. The standard InChI is InChI=1S/C14H20ClNO2/c1-3-16(11-5-10-15)14(17)12-6-8-13(9-7-12)18-4-2/h6-9H,3-5,10-11H2,1-2H3. The largest absolute Gasteiger partial charge is 0.494 e. The molecule has 4 heteroatoms. The molecule has 0 saturated carbocycles. The minimum absolute atomic E-state index is 0.0469. The van der Waals surface area contributed by atoms with Crippen molar-refractivity contribution in [3.8, 4) is 5.75 Å². The second-order valence-electron chi connectivity index (χ2n) is 3.88. The van der Waals surface area contributed by atoms with Gasteiger partial charge in [0.2, 0.25) is 0 Å². The summed E-state index contributed by atoms with van der Waals surface area (Å²) in [7, 11) is 0. The van der Waals surface area contributed by atoms with Crippen LogP contribution in [0.5, 0.6) is 5.75 Å². The summed E-state index contributed by atoms with van der Waals surface area (Å²) in [6.45, 7) is 5.93. The lowest BCUT2D eigenvalue weighted by molar-refractivity contribution is 0.0765. The number of nitrogens with zero attached hydrogens (tertiary/aromatic N) is 1. The van der Waals surface area contributed by atoms with Crippen LogP contribution in [0.3, 0.4) is 0 Å². The van der Waals surface area contributed by atoms with Gasteiger partial charge in [-0.05, 0) is 44.5 Å². The molecule has 18 heavy (non-hydrogen) atoms. The van der Waals surface area contributed by atoms with Gasteiger partial charge in [0, 0.05) is 24.5 Å². The van der Waals surface area contributed by atoms with Gasteiger partial charge in [0.25, 0.3) is 5.91 Å². The molecule has 0 aromatic heterocycles. The molecule has 0 aliphatic heterocycles. The first-order valence-corrected chi connectivity index (χ1v) is 6.84. The van der Waals surface area contributed by atoms with Gasteiger partial charge < -0.3 is 9.64 Å². The topological polar surface area (TPSA) is 29.5 Å². The fourth-order valence-electron chi connectivity index (χ4n) is 1.70. The summed E-state index contributed by atoms with van der Waals surface area (Å²) in [4.78, 5) is 14.0. The van der Waals surface area contributed by atoms with Crippen molar-refractivity contribution in [1.82, 2.24) is 4.90 Å². The van der Waals surface area contributed by atoms with Crippen LogP contribution < -0.4 is 4.74 Å². The van der Waals surface area contributed by atoms with Gasteiger partial charge >= 0.3 is 0 Å². The van der Waals surface area contributed by atoms with Crippen molar-refractivity contribution in [2.75, 3.05) is 25.6 Å². The predicted octanol–water partition coefficient (Wildman–Crippen LogP) is 3.18. The van der Waals surface area contributed by atoms with E-state index in [2.05, 4.69) is 0 Å². The average molecular weight is 270 g/mol. The molecule has 1 amide bonds. The van der Waals surface area contributed by atoms with E-state index in [-0.39, 0.29) is 5.91 Å². The Morgan fingerprint density at radius 3 is 2.44 bits per heavy atom. The molecule has 3 nitrogen and oxygen atoms in total. The molecular weight excluding hydrogens is 250 g/mol. The first-order valence-electron chi connectivity index (χ1n) is 6.31. The van der Waals surface area contributed by atoms with Crippen LogP contribution in [0.15, 0.2) is 24.3 Å². The van der Waals surface area contributed by atoms with Gasteiger partial charge in [0.05, 0.1) is 6.61 Å². The molecule has 1 aromatic rings. The maximum atomic E-state index is 12.2. The fourth-order valence-corrected chi connectivity index (χ4v) is 1.82. The van der Waals surface area contributed by atoms with Gasteiger partial charge in [-0.3, -0.25) is 4.79 Å². The number of carbonyl (C=O) groups excluding carboxylic acids is 1. The maximum Gasteiger partial charge on any atom is 0.253 e. The number of rotatable bonds is 7. The lowest BCUT2D eigenvalue weighted by Gasteiger charge is -2.20. The van der Waals surface area contributed by atoms with Crippen molar-refractivity contribution in [3.63, 3.8) is 0 Å². The molecule has 0 unspecified atom stereocenters. The van der Waals surface area contributed by atoms with E-state index in [9.17, 15) is 4.79 Å². The highest BCUT2D eigenvalue weighted by molar-refractivity contribution is 6.17. The van der Waals surface area contributed by atoms with Crippen LogP contribution in [0.2, 0.25) is 0 Å². The quantitative estimate of drug-likeness (QED) is 0.712. The normalized spacial score (nSPS) is 10.2. The SMILES string of the molecule is CCOc1ccc(C(=O)N(CC)CCCCl)cc1. The molecule has 100 valence electrons. The first-order chi connectivity index (χ1) is 8.72. The predicted molar refractivity (Wildman–Crippen MR) is 74.5 cm³/mol. The molecule has 1 rings (SSSR count). The van der Waals surface area contributed by atoms with E-state index in [0.29, 0.717) is 31.1 Å². The fraction of sp³-hybridized carbons (Fsp3) is 0.500. The lowest BCUT2D eigenvalue weighted by Crippen LogP contribution is -2.31. The van der Waals surface area contributed by atoms with Crippen LogP contribution in [0.1, 0.15) is 30.6 Å². The molecule has 1 aromatic carbocycles. The lowest BCUT2D eigenvalue weighted by atomic mass is 10.2. The van der Waals surface area contributed by atoms with Crippen molar-refractivity contribution < 1.29 is 9.53 Å². The van der Waals surface area contributed by atoms with Gasteiger partial charge in [-0.2, -0.15) is 0 Å². The summed E-state index contributed by atoms with van der Waals surface area (Å²) < 4.78 is 5.35. The van der Waals surface area contributed by atoms with Gasteiger partial charge in [-0.1, -0.05) is 0 Å². The Morgan fingerprint density at radius 2 is 1.94 bits per heavy atom. The van der Waals surface area contributed by atoms with E-state index in [1.807, 2.05) is 26.0 Å². The van der Waals surface area contributed by atoms with Gasteiger partial charge in [-0.15, -0.1) is 11.6 Å².